The molecule has 4 rings (SSSR count). The number of benzene rings is 2. The minimum atomic E-state index is -0.231. The van der Waals surface area contributed by atoms with Gasteiger partial charge in [-0.25, -0.2) is 0 Å². The number of hydrogen-bond donors (Lipinski definition) is 2. The molecular formula is C22H23Cl2N3O2. The maximum atomic E-state index is 12.9. The first-order chi connectivity index (χ1) is 14.0. The maximum absolute atomic E-state index is 12.9. The molecule has 1 saturated carbocycles. The minimum Gasteiger partial charge on any atom is -0.370 e. The lowest BCUT2D eigenvalue weighted by atomic mass is 9.96. The molecule has 7 heteroatoms. The largest absolute Gasteiger partial charge is 0.370 e. The lowest BCUT2D eigenvalue weighted by Gasteiger charge is -2.33. The van der Waals surface area contributed by atoms with Gasteiger partial charge < -0.3 is 16.0 Å². The Kier molecular flexibility index (Phi) is 5.70. The third kappa shape index (κ3) is 4.21. The van der Waals surface area contributed by atoms with Crippen molar-refractivity contribution in [3.8, 4) is 0 Å². The summed E-state index contributed by atoms with van der Waals surface area (Å²) in [6.45, 7) is 1.48. The van der Waals surface area contributed by atoms with Gasteiger partial charge in [0.15, 0.2) is 0 Å². The van der Waals surface area contributed by atoms with E-state index in [1.807, 2.05) is 36.4 Å². The molecule has 2 fully saturated rings. The fraction of sp³-hybridized carbons (Fsp3) is 0.364. The number of rotatable bonds is 5. The summed E-state index contributed by atoms with van der Waals surface area (Å²) in [4.78, 5) is 26.5. The number of hydrogen-bond acceptors (Lipinski definition) is 3. The molecule has 0 bridgehead atoms. The highest BCUT2D eigenvalue weighted by atomic mass is 35.5. The SMILES string of the molecule is NC(=O)C1CCN(c2ccccc2NC(=O)C2CC2c2cccc(Cl)c2Cl)CC1. The molecule has 5 nitrogen and oxygen atoms in total. The van der Waals surface area contributed by atoms with Crippen LogP contribution in [0.25, 0.3) is 0 Å². The molecular weight excluding hydrogens is 409 g/mol. The molecule has 2 amide bonds. The van der Waals surface area contributed by atoms with Crippen LogP contribution in [0.4, 0.5) is 11.4 Å². The number of piperidine rings is 1. The minimum absolute atomic E-state index is 0.00878. The average molecular weight is 432 g/mol. The van der Waals surface area contributed by atoms with E-state index in [1.165, 1.54) is 0 Å². The molecule has 2 aliphatic rings. The van der Waals surface area contributed by atoms with Gasteiger partial charge in [-0.1, -0.05) is 47.5 Å². The van der Waals surface area contributed by atoms with Crippen LogP contribution in [0.1, 0.15) is 30.7 Å². The van der Waals surface area contributed by atoms with Crippen LogP contribution in [-0.4, -0.2) is 24.9 Å². The third-order valence-corrected chi connectivity index (χ3v) is 6.74. The molecule has 2 aromatic carbocycles. The van der Waals surface area contributed by atoms with Crippen molar-refractivity contribution in [2.75, 3.05) is 23.3 Å². The van der Waals surface area contributed by atoms with Gasteiger partial charge >= 0.3 is 0 Å². The molecule has 0 spiro atoms. The van der Waals surface area contributed by atoms with Gasteiger partial charge in [0.1, 0.15) is 0 Å². The molecule has 3 N–H and O–H groups in total. The predicted octanol–water partition coefficient (Wildman–Crippen LogP) is 4.44. The Bertz CT molecular complexity index is 941. The first-order valence-electron chi connectivity index (χ1n) is 9.83. The predicted molar refractivity (Wildman–Crippen MR) is 117 cm³/mol. The van der Waals surface area contributed by atoms with Crippen molar-refractivity contribution >= 4 is 46.4 Å². The van der Waals surface area contributed by atoms with E-state index in [4.69, 9.17) is 28.9 Å². The van der Waals surface area contributed by atoms with Gasteiger partial charge in [0.05, 0.1) is 21.4 Å². The van der Waals surface area contributed by atoms with Crippen molar-refractivity contribution in [2.24, 2.45) is 17.6 Å². The van der Waals surface area contributed by atoms with Crippen LogP contribution >= 0.6 is 23.2 Å². The molecule has 1 heterocycles. The Balaban J connectivity index is 1.44. The fourth-order valence-corrected chi connectivity index (χ4v) is 4.57. The van der Waals surface area contributed by atoms with Crippen LogP contribution in [0.15, 0.2) is 42.5 Å². The number of halogens is 2. The summed E-state index contributed by atoms with van der Waals surface area (Å²) in [6, 6.07) is 13.3. The van der Waals surface area contributed by atoms with Gasteiger partial charge in [0.2, 0.25) is 11.8 Å². The van der Waals surface area contributed by atoms with E-state index in [2.05, 4.69) is 10.2 Å². The molecule has 29 heavy (non-hydrogen) atoms. The second kappa shape index (κ2) is 8.25. The molecule has 2 unspecified atom stereocenters. The van der Waals surface area contributed by atoms with Crippen molar-refractivity contribution in [3.05, 3.63) is 58.1 Å². The van der Waals surface area contributed by atoms with Gasteiger partial charge in [0, 0.05) is 24.9 Å². The van der Waals surface area contributed by atoms with E-state index in [1.54, 1.807) is 6.07 Å². The number of carbonyl (C=O) groups excluding carboxylic acids is 2. The second-order valence-corrected chi connectivity index (χ2v) is 8.55. The summed E-state index contributed by atoms with van der Waals surface area (Å²) < 4.78 is 0. The summed E-state index contributed by atoms with van der Waals surface area (Å²) >= 11 is 12.4. The van der Waals surface area contributed by atoms with E-state index in [0.29, 0.717) is 10.0 Å². The zero-order valence-electron chi connectivity index (χ0n) is 15.9. The number of anilines is 2. The first kappa shape index (κ1) is 20.0. The molecule has 0 radical (unpaired) electrons. The molecule has 2 aromatic rings. The number of nitrogens with one attached hydrogen (secondary N) is 1. The molecule has 152 valence electrons. The Labute approximate surface area is 180 Å². The van der Waals surface area contributed by atoms with Gasteiger partial charge in [-0.3, -0.25) is 9.59 Å². The smallest absolute Gasteiger partial charge is 0.228 e. The summed E-state index contributed by atoms with van der Waals surface area (Å²) in [5.74, 6) is -0.321. The number of primary amides is 1. The van der Waals surface area contributed by atoms with E-state index in [-0.39, 0.29) is 29.6 Å². The Morgan fingerprint density at radius 1 is 1.03 bits per heavy atom. The van der Waals surface area contributed by atoms with Crippen molar-refractivity contribution in [1.82, 2.24) is 0 Å². The van der Waals surface area contributed by atoms with E-state index in [9.17, 15) is 9.59 Å². The highest BCUT2D eigenvalue weighted by Gasteiger charge is 2.45. The van der Waals surface area contributed by atoms with Crippen LogP contribution in [0.3, 0.4) is 0 Å². The summed E-state index contributed by atoms with van der Waals surface area (Å²) in [5, 5.41) is 4.14. The van der Waals surface area contributed by atoms with Crippen molar-refractivity contribution < 1.29 is 9.59 Å². The number of para-hydroxylation sites is 2. The van der Waals surface area contributed by atoms with Crippen LogP contribution in [0.5, 0.6) is 0 Å². The molecule has 0 aromatic heterocycles. The second-order valence-electron chi connectivity index (χ2n) is 7.76. The van der Waals surface area contributed by atoms with Crippen LogP contribution in [0.2, 0.25) is 10.0 Å². The van der Waals surface area contributed by atoms with Crippen LogP contribution in [-0.2, 0) is 9.59 Å². The van der Waals surface area contributed by atoms with Crippen molar-refractivity contribution in [1.29, 1.82) is 0 Å². The van der Waals surface area contributed by atoms with Gasteiger partial charge in [0.25, 0.3) is 0 Å². The van der Waals surface area contributed by atoms with Crippen molar-refractivity contribution in [2.45, 2.75) is 25.2 Å². The Hall–Kier alpha value is -2.24. The number of nitrogens with zero attached hydrogens (tertiary/aromatic N) is 1. The lowest BCUT2D eigenvalue weighted by molar-refractivity contribution is -0.122. The highest BCUT2D eigenvalue weighted by molar-refractivity contribution is 6.42. The monoisotopic (exact) mass is 431 g/mol. The van der Waals surface area contributed by atoms with E-state index in [0.717, 1.165) is 49.3 Å². The third-order valence-electron chi connectivity index (χ3n) is 5.91. The van der Waals surface area contributed by atoms with Gasteiger partial charge in [-0.05, 0) is 48.9 Å². The van der Waals surface area contributed by atoms with Gasteiger partial charge in [-0.2, -0.15) is 0 Å². The number of nitrogens with two attached hydrogens (primary N) is 1. The van der Waals surface area contributed by atoms with Gasteiger partial charge in [-0.15, -0.1) is 0 Å². The lowest BCUT2D eigenvalue weighted by Crippen LogP contribution is -2.38. The number of carbonyl (C=O) groups is 2. The summed E-state index contributed by atoms with van der Waals surface area (Å²) in [7, 11) is 0. The zero-order chi connectivity index (χ0) is 20.5. The first-order valence-corrected chi connectivity index (χ1v) is 10.6. The van der Waals surface area contributed by atoms with E-state index < -0.39 is 0 Å². The Morgan fingerprint density at radius 2 is 1.76 bits per heavy atom. The fourth-order valence-electron chi connectivity index (χ4n) is 4.12. The highest BCUT2D eigenvalue weighted by Crippen LogP contribution is 2.51. The summed E-state index contributed by atoms with van der Waals surface area (Å²) in [5.41, 5.74) is 8.13. The molecule has 2 atom stereocenters. The van der Waals surface area contributed by atoms with Crippen molar-refractivity contribution in [3.63, 3.8) is 0 Å². The standard InChI is InChI=1S/C22H23Cl2N3O2/c23-17-5-3-4-14(20(17)24)15-12-16(15)22(29)26-18-6-1-2-7-19(18)27-10-8-13(9-11-27)21(25)28/h1-7,13,15-16H,8-12H2,(H2,25,28)(H,26,29). The summed E-state index contributed by atoms with van der Waals surface area (Å²) in [6.07, 6.45) is 2.23. The number of amides is 2. The molecule has 1 aliphatic heterocycles. The normalized spacial score (nSPS) is 21.7. The maximum Gasteiger partial charge on any atom is 0.228 e. The quantitative estimate of drug-likeness (QED) is 0.734. The topological polar surface area (TPSA) is 75.4 Å². The van der Waals surface area contributed by atoms with Crippen LogP contribution < -0.4 is 16.0 Å². The van der Waals surface area contributed by atoms with E-state index >= 15 is 0 Å². The zero-order valence-corrected chi connectivity index (χ0v) is 17.4. The van der Waals surface area contributed by atoms with Crippen LogP contribution in [0, 0.1) is 11.8 Å². The molecule has 1 aliphatic carbocycles. The molecule has 1 saturated heterocycles. The average Bonchev–Trinajstić information content (AvgIpc) is 3.51. The Morgan fingerprint density at radius 3 is 2.48 bits per heavy atom.